The minimum atomic E-state index is -1.42. The Balaban J connectivity index is 2.81. The van der Waals surface area contributed by atoms with Crippen molar-refractivity contribution in [1.82, 2.24) is 10.1 Å². The van der Waals surface area contributed by atoms with Crippen LogP contribution in [0.5, 0.6) is 0 Å². The number of rotatable bonds is 4. The molecule has 0 aliphatic rings. The average molecular weight is 200 g/mol. The molecule has 0 aliphatic heterocycles. The molecule has 0 radical (unpaired) electrons. The van der Waals surface area contributed by atoms with Crippen molar-refractivity contribution in [2.45, 2.75) is 13.0 Å². The summed E-state index contributed by atoms with van der Waals surface area (Å²) >= 11 is 0. The molecule has 14 heavy (non-hydrogen) atoms. The highest BCUT2D eigenvalue weighted by Crippen LogP contribution is 2.15. The summed E-state index contributed by atoms with van der Waals surface area (Å²) in [5.74, 6) is -1.03. The van der Waals surface area contributed by atoms with Crippen LogP contribution >= 0.6 is 0 Å². The predicted octanol–water partition coefficient (Wildman–Crippen LogP) is 0.0224. The van der Waals surface area contributed by atoms with E-state index in [1.807, 2.05) is 0 Å². The molecule has 0 saturated heterocycles. The first-order valence-electron chi connectivity index (χ1n) is 3.77. The van der Waals surface area contributed by atoms with Gasteiger partial charge in [-0.15, -0.1) is 4.91 Å². The van der Waals surface area contributed by atoms with Crippen LogP contribution in [0.3, 0.4) is 0 Å². The van der Waals surface area contributed by atoms with Gasteiger partial charge in [0.1, 0.15) is 0 Å². The van der Waals surface area contributed by atoms with Gasteiger partial charge in [-0.3, -0.25) is 0 Å². The zero-order chi connectivity index (χ0) is 10.6. The summed E-state index contributed by atoms with van der Waals surface area (Å²) in [7, 11) is 0. The molecule has 2 N–H and O–H groups in total. The fourth-order valence-electron chi connectivity index (χ4n) is 0.775. The van der Waals surface area contributed by atoms with Crippen molar-refractivity contribution < 1.29 is 14.1 Å². The van der Waals surface area contributed by atoms with Gasteiger partial charge in [0.25, 0.3) is 6.04 Å². The molecule has 76 valence electrons. The Kier molecular flexibility index (Phi) is 3.10. The smallest absolute Gasteiger partial charge is 0.342 e. The third kappa shape index (κ3) is 2.03. The summed E-state index contributed by atoms with van der Waals surface area (Å²) < 4.78 is 8.95. The van der Waals surface area contributed by atoms with E-state index in [1.165, 1.54) is 0 Å². The number of anilines is 1. The van der Waals surface area contributed by atoms with Crippen molar-refractivity contribution >= 4 is 12.0 Å². The molecular formula is C6H8N4O4. The lowest BCUT2D eigenvalue weighted by atomic mass is 10.3. The summed E-state index contributed by atoms with van der Waals surface area (Å²) in [5.41, 5.74) is 5.11. The van der Waals surface area contributed by atoms with Crippen molar-refractivity contribution in [3.63, 3.8) is 0 Å². The number of nitrogens with two attached hydrogens (primary N) is 1. The lowest BCUT2D eigenvalue weighted by Gasteiger charge is -2.02. The Morgan fingerprint density at radius 2 is 2.50 bits per heavy atom. The number of hydrogen-bond acceptors (Lipinski definition) is 8. The van der Waals surface area contributed by atoms with E-state index in [9.17, 15) is 9.70 Å². The number of esters is 1. The molecule has 0 spiro atoms. The van der Waals surface area contributed by atoms with E-state index in [1.54, 1.807) is 6.92 Å². The molecule has 8 heteroatoms. The molecular weight excluding hydrogens is 192 g/mol. The quantitative estimate of drug-likeness (QED) is 0.537. The van der Waals surface area contributed by atoms with Crippen LogP contribution in [0.15, 0.2) is 9.70 Å². The maximum Gasteiger partial charge on any atom is 0.342 e. The molecule has 1 heterocycles. The zero-order valence-corrected chi connectivity index (χ0v) is 7.34. The highest BCUT2D eigenvalue weighted by atomic mass is 16.5. The molecule has 1 atom stereocenters. The zero-order valence-electron chi connectivity index (χ0n) is 7.34. The van der Waals surface area contributed by atoms with Crippen LogP contribution < -0.4 is 5.73 Å². The van der Waals surface area contributed by atoms with Crippen molar-refractivity contribution in [3.8, 4) is 0 Å². The highest BCUT2D eigenvalue weighted by molar-refractivity contribution is 5.76. The molecule has 1 unspecified atom stereocenters. The molecule has 1 aromatic rings. The first-order chi connectivity index (χ1) is 6.69. The maximum atomic E-state index is 11.1. The van der Waals surface area contributed by atoms with Crippen molar-refractivity contribution in [1.29, 1.82) is 0 Å². The van der Waals surface area contributed by atoms with Crippen molar-refractivity contribution in [2.24, 2.45) is 5.18 Å². The number of nitrogens with zero attached hydrogens (tertiary/aromatic N) is 3. The van der Waals surface area contributed by atoms with E-state index in [-0.39, 0.29) is 18.4 Å². The summed E-state index contributed by atoms with van der Waals surface area (Å²) in [6, 6.07) is -1.66. The first kappa shape index (κ1) is 10.1. The van der Waals surface area contributed by atoms with Crippen LogP contribution in [-0.2, 0) is 9.53 Å². The minimum Gasteiger partial charge on any atom is -0.464 e. The number of ether oxygens (including phenoxy) is 1. The Bertz CT molecular complexity index is 336. The summed E-state index contributed by atoms with van der Waals surface area (Å²) in [6.07, 6.45) is 0. The van der Waals surface area contributed by atoms with E-state index in [0.717, 1.165) is 0 Å². The van der Waals surface area contributed by atoms with Gasteiger partial charge in [0.2, 0.25) is 5.82 Å². The van der Waals surface area contributed by atoms with Gasteiger partial charge < -0.3 is 15.0 Å². The molecule has 0 aliphatic carbocycles. The van der Waals surface area contributed by atoms with Gasteiger partial charge in [-0.1, -0.05) is 5.16 Å². The third-order valence-electron chi connectivity index (χ3n) is 1.32. The minimum absolute atomic E-state index is 0.137. The molecule has 0 amide bonds. The lowest BCUT2D eigenvalue weighted by molar-refractivity contribution is -0.145. The average Bonchev–Trinajstić information content (AvgIpc) is 2.54. The van der Waals surface area contributed by atoms with Gasteiger partial charge in [-0.05, 0) is 12.1 Å². The summed E-state index contributed by atoms with van der Waals surface area (Å²) in [6.45, 7) is 1.74. The second-order valence-corrected chi connectivity index (χ2v) is 2.25. The number of hydrogen-bond donors (Lipinski definition) is 1. The standard InChI is InChI=1S/C6H8N4O4/c1-2-13-5(11)3(9-12)4-8-6(7)14-10-4/h3H,2H2,1H3,(H2,7,8,10). The van der Waals surface area contributed by atoms with E-state index < -0.39 is 12.0 Å². The Labute approximate surface area is 78.4 Å². The van der Waals surface area contributed by atoms with E-state index in [2.05, 4.69) is 24.6 Å². The van der Waals surface area contributed by atoms with Crippen LogP contribution in [0.2, 0.25) is 0 Å². The second-order valence-electron chi connectivity index (χ2n) is 2.25. The van der Waals surface area contributed by atoms with Crippen LogP contribution in [-0.4, -0.2) is 22.7 Å². The number of nitroso groups, excluding NO2 is 1. The molecule has 0 aromatic carbocycles. The Morgan fingerprint density at radius 1 is 1.79 bits per heavy atom. The number of carbonyl (C=O) groups is 1. The lowest BCUT2D eigenvalue weighted by Crippen LogP contribution is -2.15. The van der Waals surface area contributed by atoms with E-state index >= 15 is 0 Å². The van der Waals surface area contributed by atoms with Gasteiger partial charge in [-0.2, -0.15) is 4.98 Å². The van der Waals surface area contributed by atoms with E-state index in [4.69, 9.17) is 5.73 Å². The summed E-state index contributed by atoms with van der Waals surface area (Å²) in [4.78, 5) is 24.9. The predicted molar refractivity (Wildman–Crippen MR) is 43.9 cm³/mol. The fraction of sp³-hybridized carbons (Fsp3) is 0.500. The normalized spacial score (nSPS) is 12.1. The van der Waals surface area contributed by atoms with Gasteiger partial charge in [0.05, 0.1) is 6.61 Å². The fourth-order valence-corrected chi connectivity index (χ4v) is 0.775. The number of aromatic nitrogens is 2. The van der Waals surface area contributed by atoms with Crippen LogP contribution in [0, 0.1) is 4.91 Å². The van der Waals surface area contributed by atoms with Gasteiger partial charge >= 0.3 is 12.0 Å². The Morgan fingerprint density at radius 3 is 2.93 bits per heavy atom. The van der Waals surface area contributed by atoms with E-state index in [0.29, 0.717) is 0 Å². The molecule has 8 nitrogen and oxygen atoms in total. The summed E-state index contributed by atoms with van der Waals surface area (Å²) in [5, 5.41) is 5.81. The third-order valence-corrected chi connectivity index (χ3v) is 1.32. The molecule has 0 bridgehead atoms. The molecule has 1 aromatic heterocycles. The molecule has 0 fully saturated rings. The van der Waals surface area contributed by atoms with Crippen LogP contribution in [0.4, 0.5) is 6.01 Å². The second kappa shape index (κ2) is 4.30. The van der Waals surface area contributed by atoms with Crippen LogP contribution in [0.25, 0.3) is 0 Å². The number of nitrogen functional groups attached to an aromatic ring is 1. The van der Waals surface area contributed by atoms with Gasteiger partial charge in [0.15, 0.2) is 0 Å². The molecule has 0 saturated carbocycles. The van der Waals surface area contributed by atoms with Gasteiger partial charge in [0, 0.05) is 0 Å². The van der Waals surface area contributed by atoms with Crippen LogP contribution in [0.1, 0.15) is 18.8 Å². The SMILES string of the molecule is CCOC(=O)C(N=O)c1noc(N)n1. The maximum absolute atomic E-state index is 11.1. The molecule has 1 rings (SSSR count). The van der Waals surface area contributed by atoms with Crippen molar-refractivity contribution in [2.75, 3.05) is 12.3 Å². The van der Waals surface area contributed by atoms with Crippen molar-refractivity contribution in [3.05, 3.63) is 10.7 Å². The first-order valence-corrected chi connectivity index (χ1v) is 3.77. The highest BCUT2D eigenvalue weighted by Gasteiger charge is 2.28. The Hall–Kier alpha value is -1.99. The number of carbonyl (C=O) groups excluding carboxylic acids is 1. The van der Waals surface area contributed by atoms with Gasteiger partial charge in [-0.25, -0.2) is 4.79 Å². The monoisotopic (exact) mass is 200 g/mol. The largest absolute Gasteiger partial charge is 0.464 e. The topological polar surface area (TPSA) is 121 Å².